The van der Waals surface area contributed by atoms with Gasteiger partial charge in [-0.05, 0) is 64.7 Å². The number of rotatable bonds is 7. The molecule has 166 valence electrons. The van der Waals surface area contributed by atoms with E-state index >= 15 is 0 Å². The maximum atomic E-state index is 13.3. The fraction of sp³-hybridized carbons (Fsp3) is 0.458. The number of urea groups is 1. The van der Waals surface area contributed by atoms with Gasteiger partial charge in [-0.3, -0.25) is 4.79 Å². The third-order valence-electron chi connectivity index (χ3n) is 5.86. The van der Waals surface area contributed by atoms with E-state index in [1.807, 2.05) is 32.0 Å². The third-order valence-corrected chi connectivity index (χ3v) is 5.86. The molecular weight excluding hydrogens is 394 g/mol. The van der Waals surface area contributed by atoms with Crippen LogP contribution in [0, 0.1) is 27.7 Å². The molecule has 1 aromatic heterocycles. The van der Waals surface area contributed by atoms with Crippen molar-refractivity contribution in [2.45, 2.75) is 53.5 Å². The van der Waals surface area contributed by atoms with Gasteiger partial charge >= 0.3 is 12.0 Å². The molecule has 2 amide bonds. The zero-order valence-corrected chi connectivity index (χ0v) is 19.2. The lowest BCUT2D eigenvalue weighted by molar-refractivity contribution is 0.0514. The normalized spacial score (nSPS) is 13.1. The molecule has 1 saturated carbocycles. The molecule has 1 aliphatic carbocycles. The van der Waals surface area contributed by atoms with Crippen LogP contribution in [0.25, 0.3) is 0 Å². The first-order chi connectivity index (χ1) is 14.6. The lowest BCUT2D eigenvalue weighted by Crippen LogP contribution is -2.40. The number of nitrogens with one attached hydrogen (secondary N) is 1. The van der Waals surface area contributed by atoms with E-state index in [-0.39, 0.29) is 31.0 Å². The fourth-order valence-corrected chi connectivity index (χ4v) is 4.00. The van der Waals surface area contributed by atoms with Gasteiger partial charge in [-0.2, -0.15) is 0 Å². The minimum atomic E-state index is -0.448. The number of hydrogen-bond acceptors (Lipinski definition) is 4. The van der Waals surface area contributed by atoms with Crippen LogP contribution < -0.4 is 5.32 Å². The Kier molecular flexibility index (Phi) is 6.53. The number of amides is 2. The number of ketones is 1. The van der Waals surface area contributed by atoms with Crippen LogP contribution in [0.1, 0.15) is 63.0 Å². The number of aryl methyl sites for hydroxylation is 2. The minimum absolute atomic E-state index is 0.0324. The highest BCUT2D eigenvalue weighted by molar-refractivity contribution is 6.05. The standard InChI is InChI=1S/C24H31N3O4/c1-7-31-23(29)22-16(4)21(17(5)26(22)6)20(28)13-27(18-9-10-18)24(30)25-19-11-8-14(2)12-15(19)3/h8,11-12,18H,7,9-10,13H2,1-6H3,(H,25,30). The van der Waals surface area contributed by atoms with E-state index in [0.29, 0.717) is 22.5 Å². The van der Waals surface area contributed by atoms with Gasteiger partial charge in [-0.15, -0.1) is 0 Å². The summed E-state index contributed by atoms with van der Waals surface area (Å²) in [4.78, 5) is 40.2. The molecule has 2 aromatic rings. The Bertz CT molecular complexity index is 1030. The highest BCUT2D eigenvalue weighted by atomic mass is 16.5. The largest absolute Gasteiger partial charge is 0.461 e. The second kappa shape index (κ2) is 8.96. The van der Waals surface area contributed by atoms with Gasteiger partial charge in [-0.1, -0.05) is 17.7 Å². The van der Waals surface area contributed by atoms with E-state index in [0.717, 1.165) is 29.7 Å². The predicted molar refractivity (Wildman–Crippen MR) is 120 cm³/mol. The number of Topliss-reactive ketones (excluding diaryl/α,β-unsaturated/α-hetero) is 1. The average molecular weight is 426 g/mol. The van der Waals surface area contributed by atoms with Crippen molar-refractivity contribution in [1.29, 1.82) is 0 Å². The summed E-state index contributed by atoms with van der Waals surface area (Å²) in [5.41, 5.74) is 4.98. The van der Waals surface area contributed by atoms with E-state index in [1.54, 1.807) is 37.3 Å². The monoisotopic (exact) mass is 425 g/mol. The second-order valence-corrected chi connectivity index (χ2v) is 8.24. The van der Waals surface area contributed by atoms with Gasteiger partial charge in [0.2, 0.25) is 0 Å². The van der Waals surface area contributed by atoms with E-state index in [9.17, 15) is 14.4 Å². The molecule has 0 spiro atoms. The number of hydrogen-bond donors (Lipinski definition) is 1. The summed E-state index contributed by atoms with van der Waals surface area (Å²) in [7, 11) is 1.75. The van der Waals surface area contributed by atoms with Gasteiger partial charge in [-0.25, -0.2) is 9.59 Å². The predicted octanol–water partition coefficient (Wildman–Crippen LogP) is 4.31. The molecule has 1 N–H and O–H groups in total. The maximum absolute atomic E-state index is 13.3. The van der Waals surface area contributed by atoms with E-state index in [1.165, 1.54) is 0 Å². The van der Waals surface area contributed by atoms with Crippen molar-refractivity contribution in [3.8, 4) is 0 Å². The molecule has 7 nitrogen and oxygen atoms in total. The number of anilines is 1. The van der Waals surface area contributed by atoms with Gasteiger partial charge in [0.25, 0.3) is 0 Å². The lowest BCUT2D eigenvalue weighted by Gasteiger charge is -2.23. The minimum Gasteiger partial charge on any atom is -0.461 e. The molecule has 1 fully saturated rings. The van der Waals surface area contributed by atoms with Gasteiger partial charge in [0.05, 0.1) is 13.2 Å². The Labute approximate surface area is 183 Å². The van der Waals surface area contributed by atoms with Crippen LogP contribution in [0.4, 0.5) is 10.5 Å². The number of esters is 1. The van der Waals surface area contributed by atoms with Crippen molar-refractivity contribution in [2.24, 2.45) is 7.05 Å². The van der Waals surface area contributed by atoms with E-state index in [2.05, 4.69) is 5.32 Å². The topological polar surface area (TPSA) is 80.6 Å². The van der Waals surface area contributed by atoms with Gasteiger partial charge in [0.1, 0.15) is 5.69 Å². The zero-order chi connectivity index (χ0) is 22.9. The van der Waals surface area contributed by atoms with Crippen LogP contribution in [-0.2, 0) is 11.8 Å². The summed E-state index contributed by atoms with van der Waals surface area (Å²) in [6.45, 7) is 9.49. The van der Waals surface area contributed by atoms with Crippen LogP contribution in [0.5, 0.6) is 0 Å². The molecule has 0 bridgehead atoms. The molecule has 7 heteroatoms. The molecule has 31 heavy (non-hydrogen) atoms. The fourth-order valence-electron chi connectivity index (χ4n) is 4.00. The highest BCUT2D eigenvalue weighted by Crippen LogP contribution is 2.29. The van der Waals surface area contributed by atoms with E-state index in [4.69, 9.17) is 4.74 Å². The van der Waals surface area contributed by atoms with Gasteiger partial charge < -0.3 is 19.5 Å². The molecule has 0 unspecified atom stereocenters. The smallest absolute Gasteiger partial charge is 0.355 e. The molecular formula is C24H31N3O4. The van der Waals surface area contributed by atoms with Crippen molar-refractivity contribution in [3.63, 3.8) is 0 Å². The van der Waals surface area contributed by atoms with Crippen LogP contribution in [-0.4, -0.2) is 46.4 Å². The van der Waals surface area contributed by atoms with Crippen molar-refractivity contribution in [3.05, 3.63) is 51.8 Å². The van der Waals surface area contributed by atoms with Gasteiger partial charge in [0.15, 0.2) is 5.78 Å². The van der Waals surface area contributed by atoms with E-state index < -0.39 is 5.97 Å². The molecule has 1 aromatic carbocycles. The van der Waals surface area contributed by atoms with Gasteiger partial charge in [0, 0.05) is 30.0 Å². The van der Waals surface area contributed by atoms with Crippen LogP contribution >= 0.6 is 0 Å². The number of carbonyl (C=O) groups is 3. The second-order valence-electron chi connectivity index (χ2n) is 8.24. The first-order valence-corrected chi connectivity index (χ1v) is 10.7. The summed E-state index contributed by atoms with van der Waals surface area (Å²) < 4.78 is 6.84. The summed E-state index contributed by atoms with van der Waals surface area (Å²) in [6, 6.07) is 5.62. The highest BCUT2D eigenvalue weighted by Gasteiger charge is 2.35. The molecule has 1 heterocycles. The summed E-state index contributed by atoms with van der Waals surface area (Å²) in [5, 5.41) is 2.95. The van der Waals surface area contributed by atoms with Crippen molar-refractivity contribution >= 4 is 23.5 Å². The molecule has 0 atom stereocenters. The Morgan fingerprint density at radius 2 is 1.84 bits per heavy atom. The van der Waals surface area contributed by atoms with Crippen molar-refractivity contribution < 1.29 is 19.1 Å². The number of aromatic nitrogens is 1. The average Bonchev–Trinajstić information content (AvgIpc) is 3.50. The first-order valence-electron chi connectivity index (χ1n) is 10.7. The third kappa shape index (κ3) is 4.65. The zero-order valence-electron chi connectivity index (χ0n) is 19.2. The van der Waals surface area contributed by atoms with Crippen LogP contribution in [0.15, 0.2) is 18.2 Å². The molecule has 0 aliphatic heterocycles. The number of carbonyl (C=O) groups excluding carboxylic acids is 3. The summed E-state index contributed by atoms with van der Waals surface area (Å²) in [6.07, 6.45) is 1.77. The molecule has 3 rings (SSSR count). The summed E-state index contributed by atoms with van der Waals surface area (Å²) in [5.74, 6) is -0.625. The SMILES string of the molecule is CCOC(=O)c1c(C)c(C(=O)CN(C(=O)Nc2ccc(C)cc2C)C2CC2)c(C)n1C. The number of nitrogens with zero attached hydrogens (tertiary/aromatic N) is 2. The Hall–Kier alpha value is -3.09. The van der Waals surface area contributed by atoms with Crippen molar-refractivity contribution in [1.82, 2.24) is 9.47 Å². The van der Waals surface area contributed by atoms with Crippen LogP contribution in [0.3, 0.4) is 0 Å². The maximum Gasteiger partial charge on any atom is 0.355 e. The molecule has 1 aliphatic rings. The molecule has 0 radical (unpaired) electrons. The first kappa shape index (κ1) is 22.6. The summed E-state index contributed by atoms with van der Waals surface area (Å²) >= 11 is 0. The lowest BCUT2D eigenvalue weighted by atomic mass is 10.1. The molecule has 0 saturated heterocycles. The van der Waals surface area contributed by atoms with Crippen LogP contribution in [0.2, 0.25) is 0 Å². The Morgan fingerprint density at radius 3 is 2.42 bits per heavy atom. The quantitative estimate of drug-likeness (QED) is 0.529. The number of ether oxygens (including phenoxy) is 1. The Balaban J connectivity index is 1.82. The van der Waals surface area contributed by atoms with Crippen molar-refractivity contribution in [2.75, 3.05) is 18.5 Å². The Morgan fingerprint density at radius 1 is 1.16 bits per heavy atom. The number of benzene rings is 1.